The summed E-state index contributed by atoms with van der Waals surface area (Å²) in [4.78, 5) is 16.2. The third-order valence-corrected chi connectivity index (χ3v) is 2.45. The van der Waals surface area contributed by atoms with Gasteiger partial charge in [-0.05, 0) is 6.92 Å². The molecule has 0 bridgehead atoms. The van der Waals surface area contributed by atoms with Crippen LogP contribution in [0.4, 0.5) is 20.7 Å². The van der Waals surface area contributed by atoms with E-state index in [1.807, 2.05) is 6.92 Å². The van der Waals surface area contributed by atoms with E-state index < -0.39 is 12.5 Å². The molecule has 0 aliphatic heterocycles. The van der Waals surface area contributed by atoms with E-state index in [2.05, 4.69) is 30.6 Å². The van der Waals surface area contributed by atoms with Crippen molar-refractivity contribution in [2.75, 3.05) is 23.7 Å². The highest BCUT2D eigenvalue weighted by atomic mass is 19.3. The Balaban J connectivity index is 2.19. The summed E-state index contributed by atoms with van der Waals surface area (Å²) in [5.41, 5.74) is 0. The number of nitrogens with zero attached hydrogens (tertiary/aromatic N) is 5. The van der Waals surface area contributed by atoms with Crippen LogP contribution in [0.15, 0.2) is 18.7 Å². The van der Waals surface area contributed by atoms with E-state index in [0.29, 0.717) is 12.5 Å². The summed E-state index contributed by atoms with van der Waals surface area (Å²) in [6, 6.07) is 0. The van der Waals surface area contributed by atoms with Crippen molar-refractivity contribution in [3.05, 3.63) is 18.7 Å². The Hall–Kier alpha value is -2.36. The lowest BCUT2D eigenvalue weighted by molar-refractivity contribution is 0.00376. The standard InChI is InChI=1S/C11H15F2N7O/c1-2-15-9-17-10(16-5-7(21)8(12)13)19-11(18-9)20-4-3-14-6-20/h3-4,6-8,21H,2,5H2,1H3,(H2,15,16,17,18,19). The summed E-state index contributed by atoms with van der Waals surface area (Å²) < 4.78 is 26.1. The minimum atomic E-state index is -2.83. The summed E-state index contributed by atoms with van der Waals surface area (Å²) in [7, 11) is 0. The van der Waals surface area contributed by atoms with Gasteiger partial charge in [0.05, 0.1) is 0 Å². The molecule has 1 unspecified atom stereocenters. The summed E-state index contributed by atoms with van der Waals surface area (Å²) >= 11 is 0. The zero-order valence-electron chi connectivity index (χ0n) is 11.2. The van der Waals surface area contributed by atoms with E-state index in [9.17, 15) is 8.78 Å². The van der Waals surface area contributed by atoms with Crippen LogP contribution in [-0.2, 0) is 0 Å². The number of aromatic nitrogens is 5. The Bertz CT molecular complexity index is 564. The van der Waals surface area contributed by atoms with Gasteiger partial charge in [0.15, 0.2) is 0 Å². The fourth-order valence-corrected chi connectivity index (χ4v) is 1.46. The Morgan fingerprint density at radius 3 is 2.52 bits per heavy atom. The topological polar surface area (TPSA) is 101 Å². The first kappa shape index (κ1) is 15.0. The molecule has 0 saturated heterocycles. The molecule has 2 rings (SSSR count). The third kappa shape index (κ3) is 4.05. The molecule has 114 valence electrons. The number of anilines is 2. The van der Waals surface area contributed by atoms with Gasteiger partial charge >= 0.3 is 0 Å². The summed E-state index contributed by atoms with van der Waals surface area (Å²) in [5, 5.41) is 14.6. The Kier molecular flexibility index (Phi) is 4.93. The molecule has 2 heterocycles. The van der Waals surface area contributed by atoms with Gasteiger partial charge in [-0.1, -0.05) is 0 Å². The van der Waals surface area contributed by atoms with Crippen molar-refractivity contribution in [1.82, 2.24) is 24.5 Å². The van der Waals surface area contributed by atoms with Crippen LogP contribution in [0.1, 0.15) is 6.92 Å². The van der Waals surface area contributed by atoms with E-state index in [4.69, 9.17) is 5.11 Å². The quantitative estimate of drug-likeness (QED) is 0.685. The zero-order chi connectivity index (χ0) is 15.2. The predicted molar refractivity (Wildman–Crippen MR) is 71.6 cm³/mol. The van der Waals surface area contributed by atoms with Crippen LogP contribution in [0, 0.1) is 0 Å². The van der Waals surface area contributed by atoms with E-state index >= 15 is 0 Å². The molecule has 21 heavy (non-hydrogen) atoms. The van der Waals surface area contributed by atoms with Crippen LogP contribution in [0.3, 0.4) is 0 Å². The maximum atomic E-state index is 12.3. The molecule has 2 aromatic heterocycles. The first-order valence-electron chi connectivity index (χ1n) is 6.28. The maximum absolute atomic E-state index is 12.3. The Morgan fingerprint density at radius 1 is 1.24 bits per heavy atom. The second-order valence-electron chi connectivity index (χ2n) is 4.07. The molecular formula is C11H15F2N7O. The van der Waals surface area contributed by atoms with Crippen molar-refractivity contribution in [1.29, 1.82) is 0 Å². The SMILES string of the molecule is CCNc1nc(NCC(O)C(F)F)nc(-n2ccnc2)n1. The number of aliphatic hydroxyl groups excluding tert-OH is 1. The van der Waals surface area contributed by atoms with Crippen molar-refractivity contribution >= 4 is 11.9 Å². The number of alkyl halides is 2. The molecular weight excluding hydrogens is 284 g/mol. The lowest BCUT2D eigenvalue weighted by Gasteiger charge is -2.12. The fraction of sp³-hybridized carbons (Fsp3) is 0.455. The highest BCUT2D eigenvalue weighted by Crippen LogP contribution is 2.10. The number of halogens is 2. The molecule has 0 aromatic carbocycles. The van der Waals surface area contributed by atoms with Crippen molar-refractivity contribution in [3.8, 4) is 5.95 Å². The minimum absolute atomic E-state index is 0.0874. The van der Waals surface area contributed by atoms with E-state index in [-0.39, 0.29) is 18.4 Å². The van der Waals surface area contributed by atoms with Crippen LogP contribution >= 0.6 is 0 Å². The van der Waals surface area contributed by atoms with Crippen molar-refractivity contribution in [2.24, 2.45) is 0 Å². The molecule has 1 atom stereocenters. The van der Waals surface area contributed by atoms with Gasteiger partial charge in [0.1, 0.15) is 12.4 Å². The Labute approximate surface area is 119 Å². The van der Waals surface area contributed by atoms with Gasteiger partial charge in [-0.2, -0.15) is 15.0 Å². The van der Waals surface area contributed by atoms with Gasteiger partial charge in [-0.25, -0.2) is 13.8 Å². The van der Waals surface area contributed by atoms with Gasteiger partial charge in [0.2, 0.25) is 17.8 Å². The number of imidazole rings is 1. The fourth-order valence-electron chi connectivity index (χ4n) is 1.46. The van der Waals surface area contributed by atoms with Crippen LogP contribution in [0.5, 0.6) is 0 Å². The normalized spacial score (nSPS) is 12.4. The van der Waals surface area contributed by atoms with Crippen molar-refractivity contribution in [3.63, 3.8) is 0 Å². The first-order chi connectivity index (χ1) is 10.1. The zero-order valence-corrected chi connectivity index (χ0v) is 11.2. The molecule has 8 nitrogen and oxygen atoms in total. The molecule has 0 amide bonds. The number of rotatable bonds is 7. The molecule has 0 fully saturated rings. The molecule has 10 heteroatoms. The van der Waals surface area contributed by atoms with Gasteiger partial charge in [0, 0.05) is 25.5 Å². The second-order valence-corrected chi connectivity index (χ2v) is 4.07. The molecule has 0 saturated carbocycles. The second kappa shape index (κ2) is 6.88. The van der Waals surface area contributed by atoms with Crippen LogP contribution < -0.4 is 10.6 Å². The van der Waals surface area contributed by atoms with Gasteiger partial charge in [0.25, 0.3) is 6.43 Å². The van der Waals surface area contributed by atoms with Crippen molar-refractivity contribution in [2.45, 2.75) is 19.5 Å². The van der Waals surface area contributed by atoms with E-state index in [1.54, 1.807) is 17.0 Å². The first-order valence-corrected chi connectivity index (χ1v) is 6.28. The molecule has 3 N–H and O–H groups in total. The van der Waals surface area contributed by atoms with Gasteiger partial charge < -0.3 is 15.7 Å². The summed E-state index contributed by atoms with van der Waals surface area (Å²) in [5.74, 6) is 0.669. The largest absolute Gasteiger partial charge is 0.385 e. The summed E-state index contributed by atoms with van der Waals surface area (Å²) in [6.45, 7) is 2.09. The molecule has 0 aliphatic carbocycles. The average Bonchev–Trinajstić information content (AvgIpc) is 2.99. The maximum Gasteiger partial charge on any atom is 0.265 e. The lowest BCUT2D eigenvalue weighted by atomic mass is 10.4. The smallest absolute Gasteiger partial charge is 0.265 e. The highest BCUT2D eigenvalue weighted by Gasteiger charge is 2.17. The number of nitrogens with one attached hydrogen (secondary N) is 2. The predicted octanol–water partition coefficient (Wildman–Crippen LogP) is 0.527. The summed E-state index contributed by atoms with van der Waals surface area (Å²) in [6.07, 6.45) is 0.0810. The number of aliphatic hydroxyl groups is 1. The number of hydrogen-bond donors (Lipinski definition) is 3. The van der Waals surface area contributed by atoms with Crippen LogP contribution in [0.25, 0.3) is 5.95 Å². The third-order valence-electron chi connectivity index (χ3n) is 2.45. The van der Waals surface area contributed by atoms with Crippen molar-refractivity contribution < 1.29 is 13.9 Å². The molecule has 0 aliphatic rings. The van der Waals surface area contributed by atoms with Gasteiger partial charge in [-0.3, -0.25) is 4.57 Å². The van der Waals surface area contributed by atoms with Gasteiger partial charge in [-0.15, -0.1) is 0 Å². The molecule has 2 aromatic rings. The molecule has 0 spiro atoms. The van der Waals surface area contributed by atoms with E-state index in [0.717, 1.165) is 0 Å². The van der Waals surface area contributed by atoms with Crippen LogP contribution in [0.2, 0.25) is 0 Å². The monoisotopic (exact) mass is 299 g/mol. The lowest BCUT2D eigenvalue weighted by Crippen LogP contribution is -2.27. The number of hydrogen-bond acceptors (Lipinski definition) is 7. The highest BCUT2D eigenvalue weighted by molar-refractivity contribution is 5.38. The average molecular weight is 299 g/mol. The Morgan fingerprint density at radius 2 is 1.95 bits per heavy atom. The molecule has 0 radical (unpaired) electrons. The van der Waals surface area contributed by atoms with E-state index in [1.165, 1.54) is 6.33 Å². The minimum Gasteiger partial charge on any atom is -0.385 e. The van der Waals surface area contributed by atoms with Crippen LogP contribution in [-0.4, -0.2) is 55.2 Å².